The zero-order chi connectivity index (χ0) is 19.8. The van der Waals surface area contributed by atoms with Crippen LogP contribution in [0.4, 0.5) is 0 Å². The first kappa shape index (κ1) is 19.3. The quantitative estimate of drug-likeness (QED) is 0.574. The molecule has 6 rings (SSSR count). The van der Waals surface area contributed by atoms with Crippen LogP contribution in [-0.4, -0.2) is 36.9 Å². The van der Waals surface area contributed by atoms with Crippen LogP contribution < -0.4 is 10.6 Å². The Hall–Kier alpha value is -0.380. The first-order valence-electron chi connectivity index (χ1n) is 12.8. The third kappa shape index (κ3) is 2.72. The highest BCUT2D eigenvalue weighted by Crippen LogP contribution is 2.62. The van der Waals surface area contributed by atoms with Crippen LogP contribution in [0.3, 0.4) is 0 Å². The van der Waals surface area contributed by atoms with Crippen molar-refractivity contribution in [2.45, 2.75) is 109 Å². The highest BCUT2D eigenvalue weighted by Gasteiger charge is 2.58. The van der Waals surface area contributed by atoms with E-state index in [1.807, 2.05) is 5.57 Å². The molecule has 6 aliphatic rings. The van der Waals surface area contributed by atoms with Crippen LogP contribution in [0, 0.1) is 29.1 Å². The maximum Gasteiger partial charge on any atom is 0.0765 e. The fourth-order valence-electron chi connectivity index (χ4n) is 9.26. The Labute approximate surface area is 177 Å². The van der Waals surface area contributed by atoms with Gasteiger partial charge in [0.25, 0.3) is 0 Å². The van der Waals surface area contributed by atoms with Gasteiger partial charge in [0, 0.05) is 18.0 Å². The first-order chi connectivity index (χ1) is 14.0. The Balaban J connectivity index is 1.30. The molecule has 0 bridgehead atoms. The molecule has 2 N–H and O–H groups in total. The first-order valence-corrected chi connectivity index (χ1v) is 12.8. The lowest BCUT2D eigenvalue weighted by molar-refractivity contribution is -0.0693. The molecule has 5 fully saturated rings. The molecule has 0 aromatic carbocycles. The van der Waals surface area contributed by atoms with Crippen molar-refractivity contribution in [2.75, 3.05) is 13.1 Å². The molecule has 3 aliphatic heterocycles. The standard InChI is InChI=1S/C26H42N2O/c1-16-15-26(17(2)24-22(29-26)6-4-12-28-24)11-9-18-19-7-8-23-25(3,10-5-13-27-23)21(19)14-20(16)18/h17-19,21-24,27-28H,4-15H2,1-3H3. The number of rotatable bonds is 0. The van der Waals surface area contributed by atoms with E-state index < -0.39 is 0 Å². The van der Waals surface area contributed by atoms with E-state index in [9.17, 15) is 0 Å². The van der Waals surface area contributed by atoms with Gasteiger partial charge >= 0.3 is 0 Å². The Morgan fingerprint density at radius 2 is 1.86 bits per heavy atom. The largest absolute Gasteiger partial charge is 0.369 e. The van der Waals surface area contributed by atoms with E-state index in [4.69, 9.17) is 4.74 Å². The number of hydrogen-bond donors (Lipinski definition) is 2. The van der Waals surface area contributed by atoms with Gasteiger partial charge in [-0.25, -0.2) is 0 Å². The summed E-state index contributed by atoms with van der Waals surface area (Å²) in [4.78, 5) is 0. The molecule has 0 aromatic rings. The van der Waals surface area contributed by atoms with E-state index in [2.05, 4.69) is 31.4 Å². The average molecular weight is 399 g/mol. The van der Waals surface area contributed by atoms with E-state index in [0.29, 0.717) is 23.5 Å². The van der Waals surface area contributed by atoms with E-state index in [0.717, 1.165) is 23.8 Å². The minimum absolute atomic E-state index is 0.108. The third-order valence-corrected chi connectivity index (χ3v) is 10.8. The Morgan fingerprint density at radius 3 is 2.72 bits per heavy atom. The maximum absolute atomic E-state index is 6.96. The number of hydrogen-bond acceptors (Lipinski definition) is 3. The summed E-state index contributed by atoms with van der Waals surface area (Å²) in [6.45, 7) is 10.0. The molecule has 3 nitrogen and oxygen atoms in total. The summed E-state index contributed by atoms with van der Waals surface area (Å²) in [6.07, 6.45) is 14.0. The van der Waals surface area contributed by atoms with Crippen LogP contribution in [0.1, 0.15) is 85.0 Å². The summed E-state index contributed by atoms with van der Waals surface area (Å²) in [5.74, 6) is 3.36. The summed E-state index contributed by atoms with van der Waals surface area (Å²) < 4.78 is 6.96. The predicted molar refractivity (Wildman–Crippen MR) is 118 cm³/mol. The molecule has 0 radical (unpaired) electrons. The van der Waals surface area contributed by atoms with Crippen LogP contribution in [0.25, 0.3) is 0 Å². The van der Waals surface area contributed by atoms with Crippen molar-refractivity contribution in [2.24, 2.45) is 29.1 Å². The molecule has 3 heterocycles. The zero-order valence-electron chi connectivity index (χ0n) is 18.9. The number of nitrogens with one attached hydrogen (secondary N) is 2. The summed E-state index contributed by atoms with van der Waals surface area (Å²) in [6, 6.07) is 1.37. The van der Waals surface area contributed by atoms with Gasteiger partial charge in [-0.2, -0.15) is 0 Å². The summed E-state index contributed by atoms with van der Waals surface area (Å²) in [5.41, 5.74) is 4.24. The Morgan fingerprint density at radius 1 is 1.00 bits per heavy atom. The van der Waals surface area contributed by atoms with Crippen molar-refractivity contribution in [1.82, 2.24) is 10.6 Å². The van der Waals surface area contributed by atoms with Crippen molar-refractivity contribution >= 4 is 0 Å². The molecule has 1 spiro atoms. The molecular formula is C26H42N2O. The van der Waals surface area contributed by atoms with Gasteiger partial charge in [0.2, 0.25) is 0 Å². The molecular weight excluding hydrogens is 356 g/mol. The Kier molecular flexibility index (Phi) is 4.53. The second kappa shape index (κ2) is 6.81. The number of fused-ring (bicyclic) bond motifs is 6. The van der Waals surface area contributed by atoms with Gasteiger partial charge in [-0.3, -0.25) is 0 Å². The average Bonchev–Trinajstić information content (AvgIpc) is 3.19. The Bertz CT molecular complexity index is 703. The SMILES string of the molecule is CC1=C2CC3C(CCC4NCCCC43C)C2CCC2(C1)OC1CCCNC1C2C. The fraction of sp³-hybridized carbons (Fsp3) is 0.923. The van der Waals surface area contributed by atoms with Crippen LogP contribution >= 0.6 is 0 Å². The second-order valence-electron chi connectivity index (χ2n) is 11.9. The minimum Gasteiger partial charge on any atom is -0.369 e. The molecule has 0 aromatic heterocycles. The summed E-state index contributed by atoms with van der Waals surface area (Å²) >= 11 is 0. The second-order valence-corrected chi connectivity index (χ2v) is 11.9. The minimum atomic E-state index is 0.108. The van der Waals surface area contributed by atoms with E-state index in [-0.39, 0.29) is 5.60 Å². The lowest BCUT2D eigenvalue weighted by atomic mass is 9.57. The molecule has 9 unspecified atom stereocenters. The lowest BCUT2D eigenvalue weighted by Crippen LogP contribution is -2.55. The molecule has 29 heavy (non-hydrogen) atoms. The van der Waals surface area contributed by atoms with E-state index in [1.165, 1.54) is 77.3 Å². The smallest absolute Gasteiger partial charge is 0.0765 e. The number of piperidine rings is 2. The van der Waals surface area contributed by atoms with Gasteiger partial charge in [-0.1, -0.05) is 25.0 Å². The molecule has 162 valence electrons. The van der Waals surface area contributed by atoms with Crippen LogP contribution in [0.2, 0.25) is 0 Å². The number of allylic oxidation sites excluding steroid dienone is 1. The van der Waals surface area contributed by atoms with Crippen molar-refractivity contribution in [3.8, 4) is 0 Å². The van der Waals surface area contributed by atoms with Gasteiger partial charge in [0.1, 0.15) is 0 Å². The van der Waals surface area contributed by atoms with Crippen molar-refractivity contribution in [1.29, 1.82) is 0 Å². The van der Waals surface area contributed by atoms with Gasteiger partial charge < -0.3 is 15.4 Å². The maximum atomic E-state index is 6.96. The summed E-state index contributed by atoms with van der Waals surface area (Å²) in [5, 5.41) is 7.73. The highest BCUT2D eigenvalue weighted by atomic mass is 16.5. The van der Waals surface area contributed by atoms with Crippen LogP contribution in [0.5, 0.6) is 0 Å². The number of ether oxygens (including phenoxy) is 1. The zero-order valence-corrected chi connectivity index (χ0v) is 18.9. The van der Waals surface area contributed by atoms with Crippen LogP contribution in [0.15, 0.2) is 11.1 Å². The van der Waals surface area contributed by atoms with Crippen LogP contribution in [-0.2, 0) is 4.74 Å². The molecule has 3 aliphatic carbocycles. The topological polar surface area (TPSA) is 33.3 Å². The van der Waals surface area contributed by atoms with E-state index >= 15 is 0 Å². The van der Waals surface area contributed by atoms with Gasteiger partial charge in [-0.05, 0) is 107 Å². The molecule has 3 heteroatoms. The van der Waals surface area contributed by atoms with Gasteiger partial charge in [-0.15, -0.1) is 0 Å². The van der Waals surface area contributed by atoms with Crippen molar-refractivity contribution in [3.05, 3.63) is 11.1 Å². The summed E-state index contributed by atoms with van der Waals surface area (Å²) in [7, 11) is 0. The molecule has 2 saturated carbocycles. The van der Waals surface area contributed by atoms with Crippen molar-refractivity contribution < 1.29 is 4.74 Å². The normalized spacial score (nSPS) is 54.5. The van der Waals surface area contributed by atoms with Gasteiger partial charge in [0.15, 0.2) is 0 Å². The van der Waals surface area contributed by atoms with Crippen molar-refractivity contribution in [3.63, 3.8) is 0 Å². The predicted octanol–water partition coefficient (Wildman–Crippen LogP) is 4.82. The molecule has 9 atom stereocenters. The monoisotopic (exact) mass is 398 g/mol. The lowest BCUT2D eigenvalue weighted by Gasteiger charge is -2.53. The molecule has 3 saturated heterocycles. The van der Waals surface area contributed by atoms with Gasteiger partial charge in [0.05, 0.1) is 11.7 Å². The fourth-order valence-corrected chi connectivity index (χ4v) is 9.26. The van der Waals surface area contributed by atoms with E-state index in [1.54, 1.807) is 5.57 Å². The third-order valence-electron chi connectivity index (χ3n) is 10.8. The highest BCUT2D eigenvalue weighted by molar-refractivity contribution is 5.29. The molecule has 0 amide bonds.